The average molecular weight is 314 g/mol. The minimum Gasteiger partial charge on any atom is -0.480 e. The van der Waals surface area contributed by atoms with Crippen LogP contribution in [0.1, 0.15) is 19.3 Å². The van der Waals surface area contributed by atoms with Crippen molar-refractivity contribution < 1.29 is 19.6 Å². The summed E-state index contributed by atoms with van der Waals surface area (Å²) in [6.45, 7) is 0. The van der Waals surface area contributed by atoms with Crippen LogP contribution >= 0.6 is 11.6 Å². The molecule has 0 aliphatic heterocycles. The van der Waals surface area contributed by atoms with Crippen LogP contribution in [0.25, 0.3) is 0 Å². The molecule has 0 bridgehead atoms. The van der Waals surface area contributed by atoms with E-state index in [4.69, 9.17) is 16.7 Å². The van der Waals surface area contributed by atoms with E-state index in [1.807, 2.05) is 0 Å². The van der Waals surface area contributed by atoms with E-state index in [0.717, 1.165) is 12.5 Å². The minimum absolute atomic E-state index is 0.0491. The molecule has 3 N–H and O–H groups in total. The Labute approximate surface area is 124 Å². The zero-order chi connectivity index (χ0) is 15.6. The van der Waals surface area contributed by atoms with Crippen molar-refractivity contribution in [3.05, 3.63) is 33.3 Å². The maximum Gasteiger partial charge on any atom is 0.329 e. The number of carbonyl (C=O) groups excluding carboxylic acids is 1. The lowest BCUT2D eigenvalue weighted by molar-refractivity contribution is -0.384. The van der Waals surface area contributed by atoms with Crippen molar-refractivity contribution in [2.45, 2.75) is 24.8 Å². The summed E-state index contributed by atoms with van der Waals surface area (Å²) in [5.41, 5.74) is -1.43. The van der Waals surface area contributed by atoms with Crippen molar-refractivity contribution in [1.82, 2.24) is 5.32 Å². The van der Waals surface area contributed by atoms with E-state index in [2.05, 4.69) is 10.6 Å². The van der Waals surface area contributed by atoms with Crippen molar-refractivity contribution in [3.63, 3.8) is 0 Å². The number of carboxylic acids is 1. The largest absolute Gasteiger partial charge is 0.480 e. The van der Waals surface area contributed by atoms with Crippen molar-refractivity contribution >= 4 is 35.0 Å². The zero-order valence-corrected chi connectivity index (χ0v) is 11.5. The first-order valence-corrected chi connectivity index (χ1v) is 6.48. The molecular formula is C12H12ClN3O5. The highest BCUT2D eigenvalue weighted by Crippen LogP contribution is 2.32. The van der Waals surface area contributed by atoms with Gasteiger partial charge >= 0.3 is 12.0 Å². The number of carbonyl (C=O) groups is 2. The predicted molar refractivity (Wildman–Crippen MR) is 74.5 cm³/mol. The number of carboxylic acid groups (broad SMARTS) is 1. The highest BCUT2D eigenvalue weighted by atomic mass is 35.5. The van der Waals surface area contributed by atoms with Crippen LogP contribution in [0.2, 0.25) is 5.02 Å². The first-order chi connectivity index (χ1) is 9.84. The van der Waals surface area contributed by atoms with Crippen LogP contribution in [0.4, 0.5) is 16.2 Å². The summed E-state index contributed by atoms with van der Waals surface area (Å²) in [5.74, 6) is -1.09. The van der Waals surface area contributed by atoms with Crippen LogP contribution in [0.15, 0.2) is 18.2 Å². The van der Waals surface area contributed by atoms with Gasteiger partial charge in [-0.2, -0.15) is 0 Å². The maximum atomic E-state index is 11.8. The molecular weight excluding hydrogens is 302 g/mol. The molecule has 0 radical (unpaired) electrons. The minimum atomic E-state index is -1.25. The number of hydrogen-bond acceptors (Lipinski definition) is 4. The summed E-state index contributed by atoms with van der Waals surface area (Å²) in [7, 11) is 0. The molecule has 2 rings (SSSR count). The van der Waals surface area contributed by atoms with Gasteiger partial charge in [0.1, 0.15) is 10.6 Å². The molecule has 0 heterocycles. The molecule has 0 saturated heterocycles. The number of urea groups is 1. The highest BCUT2D eigenvalue weighted by Gasteiger charge is 2.45. The number of halogens is 1. The Morgan fingerprint density at radius 2 is 2.05 bits per heavy atom. The quantitative estimate of drug-likeness (QED) is 0.582. The first kappa shape index (κ1) is 15.0. The Kier molecular flexibility index (Phi) is 3.99. The van der Waals surface area contributed by atoms with E-state index in [-0.39, 0.29) is 16.4 Å². The van der Waals surface area contributed by atoms with Gasteiger partial charge < -0.3 is 15.7 Å². The third-order valence-electron chi connectivity index (χ3n) is 3.37. The highest BCUT2D eigenvalue weighted by molar-refractivity contribution is 6.32. The number of aliphatic carboxylic acids is 1. The second kappa shape index (κ2) is 5.57. The summed E-state index contributed by atoms with van der Waals surface area (Å²) in [6, 6.07) is 3.05. The number of nitro benzene ring substituents is 1. The molecule has 0 aromatic heterocycles. The molecule has 1 aliphatic rings. The van der Waals surface area contributed by atoms with Gasteiger partial charge in [0, 0.05) is 11.8 Å². The summed E-state index contributed by atoms with van der Waals surface area (Å²) >= 11 is 5.66. The van der Waals surface area contributed by atoms with E-state index in [1.165, 1.54) is 12.1 Å². The normalized spacial score (nSPS) is 15.7. The Hall–Kier alpha value is -2.35. The van der Waals surface area contributed by atoms with Gasteiger partial charge in [-0.05, 0) is 31.4 Å². The van der Waals surface area contributed by atoms with Gasteiger partial charge in [-0.15, -0.1) is 0 Å². The third kappa shape index (κ3) is 3.05. The van der Waals surface area contributed by atoms with E-state index >= 15 is 0 Å². The lowest BCUT2D eigenvalue weighted by Gasteiger charge is -2.38. The number of nitrogens with one attached hydrogen (secondary N) is 2. The molecule has 0 atom stereocenters. The summed E-state index contributed by atoms with van der Waals surface area (Å²) < 4.78 is 0. The monoisotopic (exact) mass is 313 g/mol. The standard InChI is InChI=1S/C12H12ClN3O5/c13-8-3-2-7(6-9(8)16(20)21)14-11(19)15-12(10(17)18)4-1-5-12/h2-3,6H,1,4-5H2,(H,17,18)(H2,14,15,19). The molecule has 1 aromatic rings. The van der Waals surface area contributed by atoms with Gasteiger partial charge in [0.05, 0.1) is 4.92 Å². The molecule has 8 nitrogen and oxygen atoms in total. The van der Waals surface area contributed by atoms with E-state index < -0.39 is 22.5 Å². The molecule has 112 valence electrons. The van der Waals surface area contributed by atoms with Crippen molar-refractivity contribution in [1.29, 1.82) is 0 Å². The average Bonchev–Trinajstić information content (AvgIpc) is 2.35. The molecule has 0 spiro atoms. The molecule has 0 unspecified atom stereocenters. The Bertz CT molecular complexity index is 615. The summed E-state index contributed by atoms with van der Waals surface area (Å²) in [5, 5.41) is 24.6. The summed E-state index contributed by atoms with van der Waals surface area (Å²) in [6.07, 6.45) is 1.44. The van der Waals surface area contributed by atoms with Gasteiger partial charge in [-0.25, -0.2) is 9.59 Å². The second-order valence-corrected chi connectivity index (χ2v) is 5.15. The number of hydrogen-bond donors (Lipinski definition) is 3. The molecule has 1 saturated carbocycles. The van der Waals surface area contributed by atoms with Gasteiger partial charge in [0.15, 0.2) is 0 Å². The van der Waals surface area contributed by atoms with Gasteiger partial charge in [-0.3, -0.25) is 10.1 Å². The number of amides is 2. The number of anilines is 1. The molecule has 1 fully saturated rings. The fourth-order valence-corrected chi connectivity index (χ4v) is 2.22. The second-order valence-electron chi connectivity index (χ2n) is 4.74. The SMILES string of the molecule is O=C(Nc1ccc(Cl)c([N+](=O)[O-])c1)NC1(C(=O)O)CCC1. The first-order valence-electron chi connectivity index (χ1n) is 6.10. The topological polar surface area (TPSA) is 122 Å². The fourth-order valence-electron chi connectivity index (χ4n) is 2.03. The van der Waals surface area contributed by atoms with Gasteiger partial charge in [0.2, 0.25) is 0 Å². The zero-order valence-electron chi connectivity index (χ0n) is 10.8. The molecule has 21 heavy (non-hydrogen) atoms. The Morgan fingerprint density at radius 3 is 2.52 bits per heavy atom. The molecule has 1 aromatic carbocycles. The number of rotatable bonds is 4. The smallest absolute Gasteiger partial charge is 0.329 e. The molecule has 9 heteroatoms. The van der Waals surface area contributed by atoms with E-state index in [0.29, 0.717) is 12.8 Å². The summed E-state index contributed by atoms with van der Waals surface area (Å²) in [4.78, 5) is 33.0. The lowest BCUT2D eigenvalue weighted by atomic mass is 9.77. The van der Waals surface area contributed by atoms with Crippen LogP contribution in [0, 0.1) is 10.1 Å². The number of nitro groups is 1. The van der Waals surface area contributed by atoms with Crippen LogP contribution in [-0.2, 0) is 4.79 Å². The fraction of sp³-hybridized carbons (Fsp3) is 0.333. The lowest BCUT2D eigenvalue weighted by Crippen LogP contribution is -2.60. The van der Waals surface area contributed by atoms with Crippen LogP contribution in [-0.4, -0.2) is 27.6 Å². The van der Waals surface area contributed by atoms with Crippen LogP contribution < -0.4 is 10.6 Å². The van der Waals surface area contributed by atoms with E-state index in [1.54, 1.807) is 0 Å². The third-order valence-corrected chi connectivity index (χ3v) is 3.69. The number of benzene rings is 1. The molecule has 2 amide bonds. The maximum absolute atomic E-state index is 11.8. The van der Waals surface area contributed by atoms with Crippen molar-refractivity contribution in [2.24, 2.45) is 0 Å². The molecule has 1 aliphatic carbocycles. The predicted octanol–water partition coefficient (Wildman–Crippen LogP) is 2.38. The van der Waals surface area contributed by atoms with Crippen molar-refractivity contribution in [2.75, 3.05) is 5.32 Å². The van der Waals surface area contributed by atoms with Crippen molar-refractivity contribution in [3.8, 4) is 0 Å². The van der Waals surface area contributed by atoms with Gasteiger partial charge in [-0.1, -0.05) is 11.6 Å². The van der Waals surface area contributed by atoms with Crippen LogP contribution in [0.3, 0.4) is 0 Å². The van der Waals surface area contributed by atoms with Crippen LogP contribution in [0.5, 0.6) is 0 Å². The van der Waals surface area contributed by atoms with Gasteiger partial charge in [0.25, 0.3) is 5.69 Å². The number of nitrogens with zero attached hydrogens (tertiary/aromatic N) is 1. The van der Waals surface area contributed by atoms with E-state index in [9.17, 15) is 19.7 Å². The Morgan fingerprint density at radius 1 is 1.38 bits per heavy atom. The Balaban J connectivity index is 2.08.